The van der Waals surface area contributed by atoms with Gasteiger partial charge in [0.2, 0.25) is 5.95 Å². The van der Waals surface area contributed by atoms with Gasteiger partial charge in [0.15, 0.2) is 0 Å². The summed E-state index contributed by atoms with van der Waals surface area (Å²) < 4.78 is 18.4. The van der Waals surface area contributed by atoms with E-state index in [4.69, 9.17) is 4.74 Å². The van der Waals surface area contributed by atoms with E-state index >= 15 is 0 Å². The fourth-order valence-corrected chi connectivity index (χ4v) is 1.84. The van der Waals surface area contributed by atoms with Gasteiger partial charge in [0.1, 0.15) is 5.56 Å². The standard InChI is InChI=1S/C14H14FN3O3/c1-3-21-14(20)11-8(2)17-7-10(11)18-13(19)9-5-4-6-16-12(9)15/h4-7,17H,3H2,1-2H3,(H,18,19). The lowest BCUT2D eigenvalue weighted by molar-refractivity contribution is 0.0527. The number of halogens is 1. The number of nitrogens with one attached hydrogen (secondary N) is 2. The second-order valence-corrected chi connectivity index (χ2v) is 4.22. The Bertz CT molecular complexity index is 682. The first-order valence-electron chi connectivity index (χ1n) is 6.31. The van der Waals surface area contributed by atoms with Crippen molar-refractivity contribution in [3.8, 4) is 0 Å². The molecule has 0 unspecified atom stereocenters. The highest BCUT2D eigenvalue weighted by molar-refractivity contribution is 6.08. The van der Waals surface area contributed by atoms with E-state index in [9.17, 15) is 14.0 Å². The summed E-state index contributed by atoms with van der Waals surface area (Å²) in [7, 11) is 0. The van der Waals surface area contributed by atoms with Crippen LogP contribution in [0.3, 0.4) is 0 Å². The second-order valence-electron chi connectivity index (χ2n) is 4.22. The van der Waals surface area contributed by atoms with E-state index in [1.807, 2.05) is 0 Å². The van der Waals surface area contributed by atoms with Crippen LogP contribution in [0.25, 0.3) is 0 Å². The Kier molecular flexibility index (Phi) is 4.32. The van der Waals surface area contributed by atoms with Crippen LogP contribution in [0.15, 0.2) is 24.5 Å². The fourth-order valence-electron chi connectivity index (χ4n) is 1.84. The molecule has 0 saturated carbocycles. The van der Waals surface area contributed by atoms with Gasteiger partial charge in [0.05, 0.1) is 17.9 Å². The van der Waals surface area contributed by atoms with Gasteiger partial charge < -0.3 is 15.0 Å². The van der Waals surface area contributed by atoms with E-state index in [0.717, 1.165) is 0 Å². The molecule has 2 aromatic heterocycles. The third-order valence-electron chi connectivity index (χ3n) is 2.81. The lowest BCUT2D eigenvalue weighted by Gasteiger charge is -2.07. The van der Waals surface area contributed by atoms with Crippen molar-refractivity contribution < 1.29 is 18.7 Å². The number of anilines is 1. The van der Waals surface area contributed by atoms with Crippen molar-refractivity contribution in [1.29, 1.82) is 0 Å². The van der Waals surface area contributed by atoms with Crippen molar-refractivity contribution in [1.82, 2.24) is 9.97 Å². The maximum absolute atomic E-state index is 13.5. The number of aromatic amines is 1. The van der Waals surface area contributed by atoms with Crippen LogP contribution in [0.1, 0.15) is 33.3 Å². The van der Waals surface area contributed by atoms with E-state index in [2.05, 4.69) is 15.3 Å². The summed E-state index contributed by atoms with van der Waals surface area (Å²) >= 11 is 0. The maximum atomic E-state index is 13.5. The van der Waals surface area contributed by atoms with Crippen LogP contribution in [-0.2, 0) is 4.74 Å². The molecule has 2 aromatic rings. The number of rotatable bonds is 4. The number of hydrogen-bond acceptors (Lipinski definition) is 4. The second kappa shape index (κ2) is 6.17. The molecule has 0 aromatic carbocycles. The van der Waals surface area contributed by atoms with Crippen molar-refractivity contribution in [3.63, 3.8) is 0 Å². The number of aryl methyl sites for hydroxylation is 1. The van der Waals surface area contributed by atoms with Crippen LogP contribution in [0, 0.1) is 12.9 Å². The van der Waals surface area contributed by atoms with Gasteiger partial charge in [0.25, 0.3) is 5.91 Å². The van der Waals surface area contributed by atoms with Crippen molar-refractivity contribution in [3.05, 3.63) is 47.3 Å². The summed E-state index contributed by atoms with van der Waals surface area (Å²) in [6.45, 7) is 3.57. The quantitative estimate of drug-likeness (QED) is 0.668. The Morgan fingerprint density at radius 1 is 1.48 bits per heavy atom. The summed E-state index contributed by atoms with van der Waals surface area (Å²) in [6.07, 6.45) is 2.70. The summed E-state index contributed by atoms with van der Waals surface area (Å²) in [5, 5.41) is 2.48. The van der Waals surface area contributed by atoms with Gasteiger partial charge in [-0.1, -0.05) is 0 Å². The molecule has 7 heteroatoms. The van der Waals surface area contributed by atoms with Crippen LogP contribution < -0.4 is 5.32 Å². The van der Waals surface area contributed by atoms with Crippen LogP contribution in [-0.4, -0.2) is 28.5 Å². The number of nitrogens with zero attached hydrogens (tertiary/aromatic N) is 1. The van der Waals surface area contributed by atoms with Gasteiger partial charge in [-0.15, -0.1) is 0 Å². The third-order valence-corrected chi connectivity index (χ3v) is 2.81. The van der Waals surface area contributed by atoms with Crippen molar-refractivity contribution >= 4 is 17.6 Å². The van der Waals surface area contributed by atoms with E-state index in [1.54, 1.807) is 13.8 Å². The first-order valence-corrected chi connectivity index (χ1v) is 6.31. The molecule has 1 amide bonds. The molecule has 6 nitrogen and oxygen atoms in total. The molecule has 0 atom stereocenters. The number of carbonyl (C=O) groups excluding carboxylic acids is 2. The maximum Gasteiger partial charge on any atom is 0.342 e. The number of pyridine rings is 1. The molecular weight excluding hydrogens is 277 g/mol. The number of esters is 1. The van der Waals surface area contributed by atoms with Gasteiger partial charge in [-0.05, 0) is 26.0 Å². The molecule has 0 radical (unpaired) electrons. The molecule has 0 spiro atoms. The molecule has 0 aliphatic rings. The number of carbonyl (C=O) groups is 2. The Morgan fingerprint density at radius 3 is 2.90 bits per heavy atom. The number of ether oxygens (including phenoxy) is 1. The van der Waals surface area contributed by atoms with Crippen LogP contribution in [0.5, 0.6) is 0 Å². The molecular formula is C14H14FN3O3. The summed E-state index contributed by atoms with van der Waals surface area (Å²) in [6, 6.07) is 2.76. The highest BCUT2D eigenvalue weighted by Gasteiger charge is 2.20. The summed E-state index contributed by atoms with van der Waals surface area (Å²) in [4.78, 5) is 30.1. The predicted octanol–water partition coefficient (Wildman–Crippen LogP) is 2.29. The van der Waals surface area contributed by atoms with E-state index in [-0.39, 0.29) is 23.4 Å². The number of aromatic nitrogens is 2. The first-order chi connectivity index (χ1) is 10.0. The first kappa shape index (κ1) is 14.7. The van der Waals surface area contributed by atoms with Crippen LogP contribution in [0.2, 0.25) is 0 Å². The zero-order chi connectivity index (χ0) is 15.4. The minimum Gasteiger partial charge on any atom is -0.462 e. The number of amides is 1. The zero-order valence-electron chi connectivity index (χ0n) is 11.6. The lowest BCUT2D eigenvalue weighted by atomic mass is 10.2. The van der Waals surface area contributed by atoms with E-state index in [0.29, 0.717) is 5.69 Å². The Morgan fingerprint density at radius 2 is 2.24 bits per heavy atom. The SMILES string of the molecule is CCOC(=O)c1c(NC(=O)c2cccnc2F)c[nH]c1C. The van der Waals surface area contributed by atoms with Gasteiger partial charge in [-0.25, -0.2) is 9.78 Å². The Hall–Kier alpha value is -2.70. The monoisotopic (exact) mass is 291 g/mol. The molecule has 0 aliphatic carbocycles. The van der Waals surface area contributed by atoms with Crippen LogP contribution in [0.4, 0.5) is 10.1 Å². The molecule has 0 saturated heterocycles. The molecule has 0 bridgehead atoms. The largest absolute Gasteiger partial charge is 0.462 e. The average Bonchev–Trinajstić information content (AvgIpc) is 2.80. The number of H-pyrrole nitrogens is 1. The van der Waals surface area contributed by atoms with Gasteiger partial charge in [-0.3, -0.25) is 4.79 Å². The highest BCUT2D eigenvalue weighted by Crippen LogP contribution is 2.21. The van der Waals surface area contributed by atoms with Gasteiger partial charge >= 0.3 is 5.97 Å². The summed E-state index contributed by atoms with van der Waals surface area (Å²) in [5.74, 6) is -2.12. The van der Waals surface area contributed by atoms with Crippen LogP contribution >= 0.6 is 0 Å². The topological polar surface area (TPSA) is 84.1 Å². The molecule has 0 fully saturated rings. The summed E-state index contributed by atoms with van der Waals surface area (Å²) in [5.41, 5.74) is 0.801. The minimum absolute atomic E-state index is 0.203. The normalized spacial score (nSPS) is 10.2. The average molecular weight is 291 g/mol. The molecule has 0 aliphatic heterocycles. The molecule has 110 valence electrons. The van der Waals surface area contributed by atoms with E-state index < -0.39 is 17.8 Å². The number of hydrogen-bond donors (Lipinski definition) is 2. The third kappa shape index (κ3) is 3.07. The van der Waals surface area contributed by atoms with Crippen molar-refractivity contribution in [2.45, 2.75) is 13.8 Å². The molecule has 21 heavy (non-hydrogen) atoms. The van der Waals surface area contributed by atoms with Crippen molar-refractivity contribution in [2.24, 2.45) is 0 Å². The zero-order valence-corrected chi connectivity index (χ0v) is 11.6. The Balaban J connectivity index is 2.27. The lowest BCUT2D eigenvalue weighted by Crippen LogP contribution is -2.16. The van der Waals surface area contributed by atoms with E-state index in [1.165, 1.54) is 24.5 Å². The minimum atomic E-state index is -0.875. The van der Waals surface area contributed by atoms with Gasteiger partial charge in [0, 0.05) is 18.1 Å². The smallest absolute Gasteiger partial charge is 0.342 e. The fraction of sp³-hybridized carbons (Fsp3) is 0.214. The van der Waals surface area contributed by atoms with Gasteiger partial charge in [-0.2, -0.15) is 4.39 Å². The Labute approximate surface area is 120 Å². The molecule has 2 N–H and O–H groups in total. The predicted molar refractivity (Wildman–Crippen MR) is 73.6 cm³/mol. The molecule has 2 rings (SSSR count). The van der Waals surface area contributed by atoms with Crippen molar-refractivity contribution in [2.75, 3.05) is 11.9 Å². The molecule has 2 heterocycles. The highest BCUT2D eigenvalue weighted by atomic mass is 19.1.